The van der Waals surface area contributed by atoms with Crippen molar-refractivity contribution in [3.8, 4) is 0 Å². The average Bonchev–Trinajstić information content (AvgIpc) is 3.29. The molecule has 3 aromatic rings. The molecule has 0 N–H and O–H groups in total. The molecule has 0 saturated carbocycles. The summed E-state index contributed by atoms with van der Waals surface area (Å²) in [7, 11) is 0. The molecule has 0 radical (unpaired) electrons. The van der Waals surface area contributed by atoms with Crippen molar-refractivity contribution >= 4 is 23.4 Å². The molecule has 1 unspecified atom stereocenters. The molecule has 0 spiro atoms. The van der Waals surface area contributed by atoms with E-state index in [2.05, 4.69) is 15.1 Å². The van der Waals surface area contributed by atoms with E-state index >= 15 is 0 Å². The van der Waals surface area contributed by atoms with Crippen molar-refractivity contribution in [2.45, 2.75) is 23.2 Å². The summed E-state index contributed by atoms with van der Waals surface area (Å²) in [6.45, 7) is 1.67. The molecule has 4 rings (SSSR count). The van der Waals surface area contributed by atoms with Gasteiger partial charge in [-0.25, -0.2) is 9.50 Å². The second-order valence-electron chi connectivity index (χ2n) is 5.70. The Bertz CT molecular complexity index is 811. The van der Waals surface area contributed by atoms with Gasteiger partial charge < -0.3 is 4.90 Å². The lowest BCUT2D eigenvalue weighted by Gasteiger charge is -2.22. The van der Waals surface area contributed by atoms with Gasteiger partial charge in [-0.2, -0.15) is 4.98 Å². The molecule has 122 valence electrons. The maximum absolute atomic E-state index is 13.0. The van der Waals surface area contributed by atoms with Crippen LogP contribution in [0, 0.1) is 0 Å². The standard InChI is InChI=1S/C17H17N5OS/c23-15(21-10-4-5-11-21)14(13-7-2-1-3-8-13)24-17-19-16-18-9-6-12-22(16)20-17/h1-3,6-9,12,14H,4-5,10-11H2. The van der Waals surface area contributed by atoms with Crippen molar-refractivity contribution in [3.63, 3.8) is 0 Å². The average molecular weight is 339 g/mol. The molecule has 1 fully saturated rings. The number of hydrogen-bond acceptors (Lipinski definition) is 5. The molecule has 0 aliphatic carbocycles. The highest BCUT2D eigenvalue weighted by atomic mass is 32.2. The van der Waals surface area contributed by atoms with Gasteiger partial charge in [0, 0.05) is 25.5 Å². The second-order valence-corrected chi connectivity index (χ2v) is 6.77. The smallest absolute Gasteiger partial charge is 0.253 e. The predicted octanol–water partition coefficient (Wildman–Crippen LogP) is 2.58. The largest absolute Gasteiger partial charge is 0.341 e. The van der Waals surface area contributed by atoms with Crippen LogP contribution in [-0.4, -0.2) is 43.5 Å². The molecule has 3 heterocycles. The number of likely N-dealkylation sites (tertiary alicyclic amines) is 1. The van der Waals surface area contributed by atoms with Crippen LogP contribution in [-0.2, 0) is 4.79 Å². The van der Waals surface area contributed by atoms with E-state index < -0.39 is 0 Å². The normalized spacial score (nSPS) is 15.8. The Morgan fingerprint density at radius 2 is 1.92 bits per heavy atom. The van der Waals surface area contributed by atoms with Crippen molar-refractivity contribution in [3.05, 3.63) is 54.4 Å². The van der Waals surface area contributed by atoms with Crippen molar-refractivity contribution < 1.29 is 4.79 Å². The van der Waals surface area contributed by atoms with Crippen LogP contribution in [0.1, 0.15) is 23.7 Å². The number of benzene rings is 1. The number of carbonyl (C=O) groups excluding carboxylic acids is 1. The van der Waals surface area contributed by atoms with E-state index in [9.17, 15) is 4.79 Å². The van der Waals surface area contributed by atoms with Gasteiger partial charge in [0.2, 0.25) is 11.1 Å². The molecule has 1 aliphatic heterocycles. The Morgan fingerprint density at radius 1 is 1.12 bits per heavy atom. The van der Waals surface area contributed by atoms with E-state index in [1.807, 2.05) is 35.2 Å². The summed E-state index contributed by atoms with van der Waals surface area (Å²) in [4.78, 5) is 23.5. The number of hydrogen-bond donors (Lipinski definition) is 0. The molecule has 1 aliphatic rings. The molecule has 1 aromatic carbocycles. The highest BCUT2D eigenvalue weighted by Crippen LogP contribution is 2.35. The van der Waals surface area contributed by atoms with Crippen molar-refractivity contribution in [2.24, 2.45) is 0 Å². The number of nitrogens with zero attached hydrogens (tertiary/aromatic N) is 5. The third-order valence-corrected chi connectivity index (χ3v) is 5.16. The summed E-state index contributed by atoms with van der Waals surface area (Å²) in [6.07, 6.45) is 5.64. The summed E-state index contributed by atoms with van der Waals surface area (Å²) in [5, 5.41) is 4.66. The topological polar surface area (TPSA) is 63.4 Å². The molecular formula is C17H17N5OS. The molecule has 0 bridgehead atoms. The predicted molar refractivity (Wildman–Crippen MR) is 91.6 cm³/mol. The lowest BCUT2D eigenvalue weighted by Crippen LogP contribution is -2.31. The highest BCUT2D eigenvalue weighted by molar-refractivity contribution is 8.00. The summed E-state index contributed by atoms with van der Waals surface area (Å²) in [5.74, 6) is 0.677. The van der Waals surface area contributed by atoms with Gasteiger partial charge in [0.15, 0.2) is 0 Å². The first-order chi connectivity index (χ1) is 11.8. The van der Waals surface area contributed by atoms with E-state index in [1.54, 1.807) is 23.0 Å². The van der Waals surface area contributed by atoms with Crippen LogP contribution < -0.4 is 0 Å². The zero-order valence-corrected chi connectivity index (χ0v) is 13.9. The van der Waals surface area contributed by atoms with E-state index in [0.29, 0.717) is 10.9 Å². The molecule has 24 heavy (non-hydrogen) atoms. The molecule has 1 amide bonds. The van der Waals surface area contributed by atoms with E-state index in [4.69, 9.17) is 0 Å². The molecule has 1 atom stereocenters. The number of rotatable bonds is 4. The fourth-order valence-corrected chi connectivity index (χ4v) is 3.88. The zero-order chi connectivity index (χ0) is 16.4. The Kier molecular flexibility index (Phi) is 4.17. The number of thioether (sulfide) groups is 1. The summed E-state index contributed by atoms with van der Waals surface area (Å²) in [6, 6.07) is 11.6. The first-order valence-corrected chi connectivity index (χ1v) is 8.87. The van der Waals surface area contributed by atoms with Gasteiger partial charge in [-0.1, -0.05) is 42.1 Å². The molecule has 7 heteroatoms. The maximum Gasteiger partial charge on any atom is 0.253 e. The van der Waals surface area contributed by atoms with Gasteiger partial charge in [0.05, 0.1) is 0 Å². The maximum atomic E-state index is 13.0. The second kappa shape index (κ2) is 6.60. The number of aromatic nitrogens is 4. The van der Waals surface area contributed by atoms with E-state index in [1.165, 1.54) is 11.8 Å². The monoisotopic (exact) mass is 339 g/mol. The van der Waals surface area contributed by atoms with Crippen LogP contribution in [0.25, 0.3) is 5.78 Å². The summed E-state index contributed by atoms with van der Waals surface area (Å²) < 4.78 is 1.63. The van der Waals surface area contributed by atoms with E-state index in [0.717, 1.165) is 31.5 Å². The van der Waals surface area contributed by atoms with Gasteiger partial charge in [0.25, 0.3) is 5.78 Å². The molecular weight excluding hydrogens is 322 g/mol. The van der Waals surface area contributed by atoms with Gasteiger partial charge in [0.1, 0.15) is 5.25 Å². The minimum atomic E-state index is -0.332. The minimum Gasteiger partial charge on any atom is -0.341 e. The minimum absolute atomic E-state index is 0.135. The molecule has 2 aromatic heterocycles. The molecule has 6 nitrogen and oxygen atoms in total. The van der Waals surface area contributed by atoms with Crippen LogP contribution in [0.5, 0.6) is 0 Å². The van der Waals surface area contributed by atoms with Crippen LogP contribution in [0.4, 0.5) is 0 Å². The first-order valence-electron chi connectivity index (χ1n) is 7.99. The lowest BCUT2D eigenvalue weighted by molar-refractivity contribution is -0.129. The van der Waals surface area contributed by atoms with E-state index in [-0.39, 0.29) is 11.2 Å². The number of carbonyl (C=O) groups is 1. The summed E-state index contributed by atoms with van der Waals surface area (Å²) >= 11 is 1.39. The Balaban J connectivity index is 1.65. The third kappa shape index (κ3) is 2.99. The zero-order valence-electron chi connectivity index (χ0n) is 13.1. The lowest BCUT2D eigenvalue weighted by atomic mass is 10.1. The van der Waals surface area contributed by atoms with Crippen LogP contribution in [0.3, 0.4) is 0 Å². The van der Waals surface area contributed by atoms with Gasteiger partial charge in [-0.15, -0.1) is 5.10 Å². The van der Waals surface area contributed by atoms with Gasteiger partial charge in [-0.05, 0) is 24.5 Å². The summed E-state index contributed by atoms with van der Waals surface area (Å²) in [5.41, 5.74) is 0.978. The number of amides is 1. The van der Waals surface area contributed by atoms with Crippen molar-refractivity contribution in [1.82, 2.24) is 24.5 Å². The van der Waals surface area contributed by atoms with Crippen LogP contribution in [0.15, 0.2) is 53.9 Å². The number of fused-ring (bicyclic) bond motifs is 1. The van der Waals surface area contributed by atoms with Gasteiger partial charge in [-0.3, -0.25) is 4.79 Å². The highest BCUT2D eigenvalue weighted by Gasteiger charge is 2.29. The van der Waals surface area contributed by atoms with Crippen LogP contribution >= 0.6 is 11.8 Å². The fraction of sp³-hybridized carbons (Fsp3) is 0.294. The van der Waals surface area contributed by atoms with Gasteiger partial charge >= 0.3 is 0 Å². The Labute approximate surface area is 143 Å². The van der Waals surface area contributed by atoms with Crippen molar-refractivity contribution in [1.29, 1.82) is 0 Å². The first kappa shape index (κ1) is 15.1. The molecule has 1 saturated heterocycles. The van der Waals surface area contributed by atoms with Crippen molar-refractivity contribution in [2.75, 3.05) is 13.1 Å². The quantitative estimate of drug-likeness (QED) is 0.684. The fourth-order valence-electron chi connectivity index (χ4n) is 2.86. The third-order valence-electron chi connectivity index (χ3n) is 4.06. The Morgan fingerprint density at radius 3 is 2.67 bits per heavy atom. The van der Waals surface area contributed by atoms with Crippen LogP contribution in [0.2, 0.25) is 0 Å². The Hall–Kier alpha value is -2.41. The SMILES string of the molecule is O=C(C(Sc1nc2ncccn2n1)c1ccccc1)N1CCCC1.